The molecule has 0 bridgehead atoms. The minimum Gasteiger partial charge on any atom is -0.178 e. The van der Waals surface area contributed by atoms with Crippen molar-refractivity contribution in [3.05, 3.63) is 0 Å². The summed E-state index contributed by atoms with van der Waals surface area (Å²) in [5.74, 6) is 12.3. The first-order valence-electron chi connectivity index (χ1n) is 10.1. The Bertz CT molecular complexity index is 368. The molecule has 0 fully saturated rings. The zero-order valence-corrected chi connectivity index (χ0v) is 30.0. The van der Waals surface area contributed by atoms with Gasteiger partial charge >= 0.3 is 0 Å². The Balaban J connectivity index is 3.57. The van der Waals surface area contributed by atoms with E-state index in [0.717, 1.165) is 69.0 Å². The Morgan fingerprint density at radius 2 is 0.562 bits per heavy atom. The second-order valence-corrected chi connectivity index (χ2v) is 19.0. The van der Waals surface area contributed by atoms with E-state index in [4.69, 9.17) is 50.5 Å². The average Bonchev–Trinajstić information content (AvgIpc) is 2.76. The normalized spacial score (nSPS) is 17.6. The molecule has 6 unspecified atom stereocenters. The van der Waals surface area contributed by atoms with Crippen LogP contribution in [0.1, 0.15) is 0 Å². The minimum absolute atomic E-state index is 0.377. The van der Waals surface area contributed by atoms with Gasteiger partial charge < -0.3 is 0 Å². The molecule has 0 aromatic rings. The smallest absolute Gasteiger partial charge is 0.0206 e. The van der Waals surface area contributed by atoms with Gasteiger partial charge in [-0.2, -0.15) is 148 Å². The highest BCUT2D eigenvalue weighted by Crippen LogP contribution is 2.28. The van der Waals surface area contributed by atoms with Crippen LogP contribution in [0.2, 0.25) is 0 Å². The van der Waals surface area contributed by atoms with E-state index in [1.807, 2.05) is 68.6 Å². The minimum atomic E-state index is 0.377. The Kier molecular flexibility index (Phi) is 30.1. The van der Waals surface area contributed by atoms with Crippen LogP contribution in [0.25, 0.3) is 0 Å². The molecule has 0 radical (unpaired) electrons. The third-order valence-electron chi connectivity index (χ3n) is 3.51. The summed E-state index contributed by atoms with van der Waals surface area (Å²) in [4.78, 5) is 0. The number of thioether (sulfide) groups is 4. The van der Waals surface area contributed by atoms with E-state index in [1.165, 1.54) is 0 Å². The van der Waals surface area contributed by atoms with Gasteiger partial charge in [0.2, 0.25) is 0 Å². The van der Waals surface area contributed by atoms with Gasteiger partial charge in [-0.15, -0.1) is 0 Å². The van der Waals surface area contributed by atoms with Gasteiger partial charge in [-0.1, -0.05) is 21.6 Å². The molecule has 0 amide bonds. The highest BCUT2D eigenvalue weighted by Gasteiger charge is 2.11. The third kappa shape index (κ3) is 25.2. The van der Waals surface area contributed by atoms with E-state index in [0.29, 0.717) is 31.5 Å². The van der Waals surface area contributed by atoms with Crippen molar-refractivity contribution in [3.63, 3.8) is 0 Å². The van der Waals surface area contributed by atoms with Crippen molar-refractivity contribution in [2.24, 2.45) is 0 Å². The SMILES string of the molecule is SCC(S)CSCC(S)CSCC(S)CSSCC(S)CSCC(S)CSCC(S)CS. The number of hydrogen-bond donors (Lipinski definition) is 8. The summed E-state index contributed by atoms with van der Waals surface area (Å²) < 4.78 is 0. The quantitative estimate of drug-likeness (QED) is 0.0328. The first-order chi connectivity index (χ1) is 15.3. The second kappa shape index (κ2) is 26.1. The molecule has 0 aromatic heterocycles. The Morgan fingerprint density at radius 3 is 0.812 bits per heavy atom. The lowest BCUT2D eigenvalue weighted by Crippen LogP contribution is -2.13. The zero-order chi connectivity index (χ0) is 24.2. The lowest BCUT2D eigenvalue weighted by Gasteiger charge is -2.15. The van der Waals surface area contributed by atoms with Crippen molar-refractivity contribution in [2.45, 2.75) is 31.5 Å². The van der Waals surface area contributed by atoms with Crippen LogP contribution in [0.15, 0.2) is 0 Å². The van der Waals surface area contributed by atoms with Crippen LogP contribution in [0.3, 0.4) is 0 Å². The van der Waals surface area contributed by atoms with Crippen LogP contribution in [0, 0.1) is 0 Å². The van der Waals surface area contributed by atoms with E-state index in [2.05, 4.69) is 50.5 Å². The molecule has 0 nitrogen and oxygen atoms in total. The first-order valence-corrected chi connectivity index (χ1v) is 21.6. The number of rotatable bonds is 23. The monoisotopic (exact) mass is 702 g/mol. The summed E-state index contributed by atoms with van der Waals surface area (Å²) >= 11 is 44.1. The first kappa shape index (κ1) is 36.9. The van der Waals surface area contributed by atoms with Crippen LogP contribution in [0.5, 0.6) is 0 Å². The van der Waals surface area contributed by atoms with E-state index in [1.54, 1.807) is 0 Å². The van der Waals surface area contributed by atoms with Gasteiger partial charge in [0, 0.05) is 101 Å². The van der Waals surface area contributed by atoms with Crippen molar-refractivity contribution >= 4 is 170 Å². The topological polar surface area (TPSA) is 0 Å². The maximum atomic E-state index is 4.75. The average molecular weight is 703 g/mol. The largest absolute Gasteiger partial charge is 0.178 e. The summed E-state index contributed by atoms with van der Waals surface area (Å²) in [5, 5.41) is 2.46. The van der Waals surface area contributed by atoms with E-state index in [-0.39, 0.29) is 0 Å². The molecule has 0 N–H and O–H groups in total. The van der Waals surface area contributed by atoms with E-state index < -0.39 is 0 Å². The summed E-state index contributed by atoms with van der Waals surface area (Å²) in [7, 11) is 3.84. The molecule has 0 spiro atoms. The predicted octanol–water partition coefficient (Wildman–Crippen LogP) is 6.95. The van der Waals surface area contributed by atoms with E-state index >= 15 is 0 Å². The molecule has 0 rings (SSSR count). The Labute approximate surface area is 266 Å². The molecule has 0 saturated carbocycles. The maximum absolute atomic E-state index is 4.75. The molecular weight excluding hydrogens is 665 g/mol. The standard InChI is InChI=1S/C18H38S14/c19-1-13(21)3-27-5-15(23)7-29-9-17(25)11-31-32-12-18(26)10-30-8-16(24)6-28-4-14(22)2-20/h13-26H,1-12H2. The summed E-state index contributed by atoms with van der Waals surface area (Å²) in [6.45, 7) is 0. The fraction of sp³-hybridized carbons (Fsp3) is 1.00. The van der Waals surface area contributed by atoms with Crippen LogP contribution < -0.4 is 0 Å². The molecule has 6 atom stereocenters. The molecule has 0 aliphatic carbocycles. The number of hydrogen-bond acceptors (Lipinski definition) is 14. The van der Waals surface area contributed by atoms with Gasteiger partial charge in [0.25, 0.3) is 0 Å². The maximum Gasteiger partial charge on any atom is 0.0206 e. The van der Waals surface area contributed by atoms with Gasteiger partial charge in [0.1, 0.15) is 0 Å². The number of thiol groups is 8. The van der Waals surface area contributed by atoms with Gasteiger partial charge in [-0.25, -0.2) is 0 Å². The summed E-state index contributed by atoms with van der Waals surface area (Å²) in [6.07, 6.45) is 0. The lowest BCUT2D eigenvalue weighted by molar-refractivity contribution is 1.12. The van der Waals surface area contributed by atoms with Crippen molar-refractivity contribution < 1.29 is 0 Å². The highest BCUT2D eigenvalue weighted by atomic mass is 33.1. The van der Waals surface area contributed by atoms with Crippen LogP contribution in [-0.4, -0.2) is 101 Å². The highest BCUT2D eigenvalue weighted by molar-refractivity contribution is 8.76. The molecule has 0 aliphatic heterocycles. The van der Waals surface area contributed by atoms with Crippen molar-refractivity contribution in [2.75, 3.05) is 69.0 Å². The molecular formula is C18H38S14. The molecule has 0 aliphatic rings. The zero-order valence-electron chi connectivity index (χ0n) is 18.0. The Hall–Kier alpha value is 4.90. The van der Waals surface area contributed by atoms with Gasteiger partial charge in [0.05, 0.1) is 0 Å². The predicted molar refractivity (Wildman–Crippen MR) is 199 cm³/mol. The Morgan fingerprint density at radius 1 is 0.344 bits per heavy atom. The lowest BCUT2D eigenvalue weighted by atomic mass is 10.5. The van der Waals surface area contributed by atoms with Crippen molar-refractivity contribution in [3.8, 4) is 0 Å². The van der Waals surface area contributed by atoms with Gasteiger partial charge in [-0.3, -0.25) is 0 Å². The van der Waals surface area contributed by atoms with Crippen LogP contribution in [-0.2, 0) is 0 Å². The van der Waals surface area contributed by atoms with E-state index in [9.17, 15) is 0 Å². The molecule has 194 valence electrons. The molecule has 0 saturated heterocycles. The van der Waals surface area contributed by atoms with Gasteiger partial charge in [0.15, 0.2) is 0 Å². The molecule has 32 heavy (non-hydrogen) atoms. The summed E-state index contributed by atoms with van der Waals surface area (Å²) in [6, 6.07) is 0. The second-order valence-electron chi connectivity index (χ2n) is 7.01. The third-order valence-corrected chi connectivity index (χ3v) is 17.3. The van der Waals surface area contributed by atoms with Crippen LogP contribution in [0.4, 0.5) is 0 Å². The summed E-state index contributed by atoms with van der Waals surface area (Å²) in [5.41, 5.74) is 0. The van der Waals surface area contributed by atoms with Gasteiger partial charge in [-0.05, 0) is 0 Å². The molecule has 14 heteroatoms. The molecule has 0 aromatic carbocycles. The fourth-order valence-electron chi connectivity index (χ4n) is 1.91. The van der Waals surface area contributed by atoms with Crippen LogP contribution >= 0.6 is 170 Å². The molecule has 0 heterocycles. The van der Waals surface area contributed by atoms with Crippen molar-refractivity contribution in [1.82, 2.24) is 0 Å². The fourth-order valence-corrected chi connectivity index (χ4v) is 12.7. The van der Waals surface area contributed by atoms with Crippen molar-refractivity contribution in [1.29, 1.82) is 0 Å².